The SMILES string of the molecule is Cc1cc2c(cc1F)nc(CCCl)n2CCN(C)C. The zero-order valence-corrected chi connectivity index (χ0v) is 12.3. The average molecular weight is 284 g/mol. The van der Waals surface area contributed by atoms with Crippen LogP contribution in [0.2, 0.25) is 0 Å². The van der Waals surface area contributed by atoms with E-state index in [1.165, 1.54) is 6.07 Å². The van der Waals surface area contributed by atoms with E-state index < -0.39 is 0 Å². The van der Waals surface area contributed by atoms with Gasteiger partial charge in [0.1, 0.15) is 11.6 Å². The number of alkyl halides is 1. The molecule has 0 spiro atoms. The Morgan fingerprint density at radius 3 is 2.74 bits per heavy atom. The highest BCUT2D eigenvalue weighted by Gasteiger charge is 2.12. The summed E-state index contributed by atoms with van der Waals surface area (Å²) < 4.78 is 15.7. The van der Waals surface area contributed by atoms with Gasteiger partial charge in [-0.2, -0.15) is 0 Å². The number of benzene rings is 1. The predicted octanol–water partition coefficient (Wildman–Crippen LogP) is 2.83. The molecule has 1 heterocycles. The fraction of sp³-hybridized carbons (Fsp3) is 0.500. The van der Waals surface area contributed by atoms with E-state index >= 15 is 0 Å². The van der Waals surface area contributed by atoms with Gasteiger partial charge < -0.3 is 9.47 Å². The topological polar surface area (TPSA) is 21.1 Å². The molecule has 3 nitrogen and oxygen atoms in total. The minimum Gasteiger partial charge on any atom is -0.327 e. The maximum Gasteiger partial charge on any atom is 0.128 e. The fourth-order valence-corrected chi connectivity index (χ4v) is 2.29. The van der Waals surface area contributed by atoms with Crippen LogP contribution in [0.1, 0.15) is 11.4 Å². The Labute approximate surface area is 118 Å². The highest BCUT2D eigenvalue weighted by molar-refractivity contribution is 6.17. The summed E-state index contributed by atoms with van der Waals surface area (Å²) in [6, 6.07) is 3.37. The molecular weight excluding hydrogens is 265 g/mol. The largest absolute Gasteiger partial charge is 0.327 e. The Hall–Kier alpha value is -1.13. The van der Waals surface area contributed by atoms with E-state index in [1.807, 2.05) is 20.2 Å². The molecule has 2 rings (SSSR count). The van der Waals surface area contributed by atoms with Crippen LogP contribution in [0.4, 0.5) is 4.39 Å². The van der Waals surface area contributed by atoms with Gasteiger partial charge in [0.2, 0.25) is 0 Å². The van der Waals surface area contributed by atoms with Crippen molar-refractivity contribution < 1.29 is 4.39 Å². The summed E-state index contributed by atoms with van der Waals surface area (Å²) in [7, 11) is 4.07. The molecule has 0 atom stereocenters. The normalized spacial score (nSPS) is 11.7. The Bertz CT molecular complexity index is 578. The molecule has 5 heteroatoms. The first-order chi connectivity index (χ1) is 9.02. The van der Waals surface area contributed by atoms with Crippen molar-refractivity contribution >= 4 is 22.6 Å². The number of aromatic nitrogens is 2. The third kappa shape index (κ3) is 3.07. The number of nitrogens with zero attached hydrogens (tertiary/aromatic N) is 3. The number of rotatable bonds is 5. The van der Waals surface area contributed by atoms with Gasteiger partial charge in [-0.15, -0.1) is 11.6 Å². The van der Waals surface area contributed by atoms with Gasteiger partial charge in [0, 0.05) is 31.5 Å². The van der Waals surface area contributed by atoms with Gasteiger partial charge in [-0.3, -0.25) is 0 Å². The summed E-state index contributed by atoms with van der Waals surface area (Å²) >= 11 is 5.82. The van der Waals surface area contributed by atoms with Crippen molar-refractivity contribution in [3.8, 4) is 0 Å². The second kappa shape index (κ2) is 5.88. The summed E-state index contributed by atoms with van der Waals surface area (Å²) in [5.41, 5.74) is 2.35. The van der Waals surface area contributed by atoms with E-state index in [4.69, 9.17) is 11.6 Å². The molecule has 0 amide bonds. The molecular formula is C14H19ClFN3. The molecule has 0 saturated carbocycles. The van der Waals surface area contributed by atoms with Crippen LogP contribution in [-0.2, 0) is 13.0 Å². The zero-order valence-electron chi connectivity index (χ0n) is 11.6. The summed E-state index contributed by atoms with van der Waals surface area (Å²) in [6.45, 7) is 3.53. The molecule has 1 aromatic heterocycles. The Balaban J connectivity index is 2.48. The summed E-state index contributed by atoms with van der Waals surface area (Å²) in [4.78, 5) is 6.62. The Kier molecular flexibility index (Phi) is 4.42. The number of halogens is 2. The lowest BCUT2D eigenvalue weighted by Gasteiger charge is -2.13. The molecule has 0 fully saturated rings. The van der Waals surface area contributed by atoms with Gasteiger partial charge in [-0.05, 0) is 32.6 Å². The monoisotopic (exact) mass is 283 g/mol. The van der Waals surface area contributed by atoms with Gasteiger partial charge in [0.05, 0.1) is 11.0 Å². The second-order valence-corrected chi connectivity index (χ2v) is 5.39. The Morgan fingerprint density at radius 1 is 1.37 bits per heavy atom. The number of imidazole rings is 1. The minimum absolute atomic E-state index is 0.206. The van der Waals surface area contributed by atoms with Gasteiger partial charge >= 0.3 is 0 Å². The first kappa shape index (κ1) is 14.3. The molecule has 0 radical (unpaired) electrons. The molecule has 2 aromatic rings. The number of hydrogen-bond donors (Lipinski definition) is 0. The average Bonchev–Trinajstić information content (AvgIpc) is 2.65. The van der Waals surface area contributed by atoms with Crippen LogP contribution in [0.25, 0.3) is 11.0 Å². The summed E-state index contributed by atoms with van der Waals surface area (Å²) in [5.74, 6) is 1.24. The standard InChI is InChI=1S/C14H19ClFN3/c1-10-8-13-12(9-11(10)16)17-14(4-5-15)19(13)7-6-18(2)3/h8-9H,4-7H2,1-3H3. The lowest BCUT2D eigenvalue weighted by molar-refractivity contribution is 0.383. The molecule has 104 valence electrons. The molecule has 0 aliphatic heterocycles. The van der Waals surface area contributed by atoms with E-state index in [1.54, 1.807) is 6.92 Å². The summed E-state index contributed by atoms with van der Waals surface area (Å²) in [5, 5.41) is 0. The van der Waals surface area contributed by atoms with Crippen molar-refractivity contribution in [3.63, 3.8) is 0 Å². The van der Waals surface area contributed by atoms with Crippen molar-refractivity contribution in [1.82, 2.24) is 14.5 Å². The van der Waals surface area contributed by atoms with Crippen LogP contribution in [0.3, 0.4) is 0 Å². The first-order valence-electron chi connectivity index (χ1n) is 6.39. The van der Waals surface area contributed by atoms with Crippen LogP contribution in [0, 0.1) is 12.7 Å². The fourth-order valence-electron chi connectivity index (χ4n) is 2.12. The van der Waals surface area contributed by atoms with Crippen LogP contribution in [-0.4, -0.2) is 41.0 Å². The van der Waals surface area contributed by atoms with E-state index in [2.05, 4.69) is 14.5 Å². The van der Waals surface area contributed by atoms with E-state index in [0.29, 0.717) is 23.4 Å². The molecule has 0 N–H and O–H groups in total. The maximum absolute atomic E-state index is 13.6. The first-order valence-corrected chi connectivity index (χ1v) is 6.92. The molecule has 0 saturated heterocycles. The van der Waals surface area contributed by atoms with E-state index in [-0.39, 0.29) is 5.82 Å². The quantitative estimate of drug-likeness (QED) is 0.787. The number of aryl methyl sites for hydroxylation is 2. The highest BCUT2D eigenvalue weighted by Crippen LogP contribution is 2.21. The van der Waals surface area contributed by atoms with Crippen LogP contribution < -0.4 is 0 Å². The maximum atomic E-state index is 13.6. The molecule has 0 unspecified atom stereocenters. The number of hydrogen-bond acceptors (Lipinski definition) is 2. The highest BCUT2D eigenvalue weighted by atomic mass is 35.5. The third-order valence-electron chi connectivity index (χ3n) is 3.20. The molecule has 1 aromatic carbocycles. The lowest BCUT2D eigenvalue weighted by atomic mass is 10.2. The molecule has 19 heavy (non-hydrogen) atoms. The van der Waals surface area contributed by atoms with Crippen molar-refractivity contribution in [2.24, 2.45) is 0 Å². The van der Waals surface area contributed by atoms with Crippen LogP contribution in [0.15, 0.2) is 12.1 Å². The minimum atomic E-state index is -0.206. The number of fused-ring (bicyclic) bond motifs is 1. The molecule has 0 aliphatic rings. The van der Waals surface area contributed by atoms with E-state index in [9.17, 15) is 4.39 Å². The van der Waals surface area contributed by atoms with Crippen molar-refractivity contribution in [1.29, 1.82) is 0 Å². The second-order valence-electron chi connectivity index (χ2n) is 5.01. The van der Waals surface area contributed by atoms with Crippen LogP contribution in [0.5, 0.6) is 0 Å². The van der Waals surface area contributed by atoms with Gasteiger partial charge in [-0.25, -0.2) is 9.37 Å². The summed E-state index contributed by atoms with van der Waals surface area (Å²) in [6.07, 6.45) is 0.699. The number of likely N-dealkylation sites (N-methyl/N-ethyl adjacent to an activating group) is 1. The molecule has 0 aliphatic carbocycles. The van der Waals surface area contributed by atoms with Gasteiger partial charge in [-0.1, -0.05) is 0 Å². The Morgan fingerprint density at radius 2 is 2.11 bits per heavy atom. The van der Waals surface area contributed by atoms with Gasteiger partial charge in [0.25, 0.3) is 0 Å². The lowest BCUT2D eigenvalue weighted by Crippen LogP contribution is -2.19. The van der Waals surface area contributed by atoms with Gasteiger partial charge in [0.15, 0.2) is 0 Å². The predicted molar refractivity (Wildman–Crippen MR) is 77.4 cm³/mol. The smallest absolute Gasteiger partial charge is 0.128 e. The third-order valence-corrected chi connectivity index (χ3v) is 3.39. The van der Waals surface area contributed by atoms with Crippen molar-refractivity contribution in [2.75, 3.05) is 26.5 Å². The van der Waals surface area contributed by atoms with Crippen molar-refractivity contribution in [2.45, 2.75) is 19.9 Å². The van der Waals surface area contributed by atoms with Crippen molar-refractivity contribution in [3.05, 3.63) is 29.3 Å². The zero-order chi connectivity index (χ0) is 14.0. The van der Waals surface area contributed by atoms with Crippen LogP contribution >= 0.6 is 11.6 Å². The molecule has 0 bridgehead atoms. The van der Waals surface area contributed by atoms with E-state index in [0.717, 1.165) is 24.4 Å².